The molecule has 3 nitrogen and oxygen atoms in total. The summed E-state index contributed by atoms with van der Waals surface area (Å²) >= 11 is 0. The molecule has 0 radical (unpaired) electrons. The number of nitrogens with one attached hydrogen (secondary N) is 1. The Hall–Kier alpha value is -1.72. The summed E-state index contributed by atoms with van der Waals surface area (Å²) in [6.45, 7) is 1.53. The maximum atomic E-state index is 12.5. The number of hydrogen-bond donors (Lipinski definition) is 2. The summed E-state index contributed by atoms with van der Waals surface area (Å²) in [5.41, 5.74) is 3.98. The number of aryl methyl sites for hydroxylation is 1. The van der Waals surface area contributed by atoms with E-state index in [1.165, 1.54) is 19.1 Å². The van der Waals surface area contributed by atoms with Crippen molar-refractivity contribution >= 4 is 11.7 Å². The van der Waals surface area contributed by atoms with Gasteiger partial charge in [-0.25, -0.2) is 4.79 Å². The van der Waals surface area contributed by atoms with E-state index in [0.717, 1.165) is 6.07 Å². The number of rotatable bonds is 1. The molecule has 0 heterocycles. The fraction of sp³-hybridized carbons (Fsp3) is 0.222. The summed E-state index contributed by atoms with van der Waals surface area (Å²) in [5, 5.41) is 1.93. The molecule has 0 saturated heterocycles. The second kappa shape index (κ2) is 3.80. The van der Waals surface area contributed by atoms with Crippen LogP contribution in [0.15, 0.2) is 18.2 Å². The third kappa shape index (κ3) is 2.87. The molecule has 0 unspecified atom stereocenters. The number of alkyl halides is 3. The highest BCUT2D eigenvalue weighted by Gasteiger charge is 2.33. The van der Waals surface area contributed by atoms with Gasteiger partial charge in [0.05, 0.1) is 11.3 Å². The van der Waals surface area contributed by atoms with E-state index in [1.807, 2.05) is 5.32 Å². The number of hydrogen-bond acceptors (Lipinski definition) is 1. The predicted molar refractivity (Wildman–Crippen MR) is 49.4 cm³/mol. The van der Waals surface area contributed by atoms with Crippen molar-refractivity contribution in [1.29, 1.82) is 0 Å². The lowest BCUT2D eigenvalue weighted by Gasteiger charge is -2.13. The number of benzene rings is 1. The number of halogens is 3. The lowest BCUT2D eigenvalue weighted by Crippen LogP contribution is -2.22. The molecule has 6 heteroatoms. The monoisotopic (exact) mass is 218 g/mol. The van der Waals surface area contributed by atoms with E-state index in [1.54, 1.807) is 0 Å². The zero-order valence-electron chi connectivity index (χ0n) is 7.85. The molecule has 0 atom stereocenters. The van der Waals surface area contributed by atoms with Gasteiger partial charge in [-0.05, 0) is 19.1 Å². The van der Waals surface area contributed by atoms with Crippen LogP contribution in [-0.2, 0) is 6.18 Å². The molecular formula is C9H9F3N2O. The van der Waals surface area contributed by atoms with E-state index in [2.05, 4.69) is 0 Å². The van der Waals surface area contributed by atoms with Gasteiger partial charge >= 0.3 is 12.2 Å². The van der Waals surface area contributed by atoms with Gasteiger partial charge in [0.1, 0.15) is 0 Å². The van der Waals surface area contributed by atoms with Crippen LogP contribution in [0.1, 0.15) is 11.1 Å². The zero-order valence-corrected chi connectivity index (χ0v) is 7.85. The maximum Gasteiger partial charge on any atom is 0.418 e. The van der Waals surface area contributed by atoms with Gasteiger partial charge in [0.15, 0.2) is 0 Å². The van der Waals surface area contributed by atoms with Gasteiger partial charge < -0.3 is 11.1 Å². The predicted octanol–water partition coefficient (Wildman–Crippen LogP) is 2.50. The number of primary amides is 1. The normalized spacial score (nSPS) is 11.2. The molecule has 3 N–H and O–H groups in total. The average Bonchev–Trinajstić information content (AvgIpc) is 2.05. The van der Waals surface area contributed by atoms with Crippen LogP contribution in [0.2, 0.25) is 0 Å². The molecule has 0 spiro atoms. The Kier molecular flexibility index (Phi) is 2.88. The molecule has 1 aromatic carbocycles. The first-order valence-corrected chi connectivity index (χ1v) is 4.05. The van der Waals surface area contributed by atoms with Crippen LogP contribution in [0, 0.1) is 6.92 Å². The molecule has 0 fully saturated rings. The summed E-state index contributed by atoms with van der Waals surface area (Å²) in [6.07, 6.45) is -4.51. The molecule has 2 amide bonds. The fourth-order valence-corrected chi connectivity index (χ4v) is 1.13. The molecule has 0 bridgehead atoms. The summed E-state index contributed by atoms with van der Waals surface area (Å²) in [6, 6.07) is 2.55. The van der Waals surface area contributed by atoms with Gasteiger partial charge in [-0.15, -0.1) is 0 Å². The van der Waals surface area contributed by atoms with Gasteiger partial charge in [0, 0.05) is 0 Å². The zero-order chi connectivity index (χ0) is 11.6. The standard InChI is InChI=1S/C9H9F3N2O/c1-5-2-3-7(14-8(13)15)6(4-5)9(10,11)12/h2-4H,1H3,(H3,13,14,15). The summed E-state index contributed by atoms with van der Waals surface area (Å²) in [7, 11) is 0. The smallest absolute Gasteiger partial charge is 0.351 e. The molecule has 82 valence electrons. The van der Waals surface area contributed by atoms with Gasteiger partial charge in [-0.1, -0.05) is 11.6 Å². The number of anilines is 1. The largest absolute Gasteiger partial charge is 0.418 e. The lowest BCUT2D eigenvalue weighted by molar-refractivity contribution is -0.136. The molecule has 0 aromatic heterocycles. The Balaban J connectivity index is 3.20. The van der Waals surface area contributed by atoms with Crippen LogP contribution in [0.3, 0.4) is 0 Å². The minimum atomic E-state index is -4.51. The number of amides is 2. The van der Waals surface area contributed by atoms with Gasteiger partial charge in [0.2, 0.25) is 0 Å². The first-order valence-electron chi connectivity index (χ1n) is 4.05. The highest BCUT2D eigenvalue weighted by molar-refractivity contribution is 5.88. The molecule has 0 aliphatic rings. The molecule has 1 aromatic rings. The highest BCUT2D eigenvalue weighted by atomic mass is 19.4. The van der Waals surface area contributed by atoms with Crippen LogP contribution < -0.4 is 11.1 Å². The van der Waals surface area contributed by atoms with Gasteiger partial charge in [-0.3, -0.25) is 0 Å². The minimum Gasteiger partial charge on any atom is -0.351 e. The van der Waals surface area contributed by atoms with Crippen molar-refractivity contribution in [3.8, 4) is 0 Å². The van der Waals surface area contributed by atoms with E-state index < -0.39 is 17.8 Å². The van der Waals surface area contributed by atoms with Crippen LogP contribution in [-0.4, -0.2) is 6.03 Å². The van der Waals surface area contributed by atoms with Crippen LogP contribution in [0.5, 0.6) is 0 Å². The van der Waals surface area contributed by atoms with Crippen molar-refractivity contribution in [2.24, 2.45) is 5.73 Å². The van der Waals surface area contributed by atoms with Crippen molar-refractivity contribution < 1.29 is 18.0 Å². The van der Waals surface area contributed by atoms with E-state index in [9.17, 15) is 18.0 Å². The Morgan fingerprint density at radius 3 is 2.47 bits per heavy atom. The Labute approximate surface area is 84.1 Å². The number of nitrogens with two attached hydrogens (primary N) is 1. The molecule has 0 aliphatic carbocycles. The topological polar surface area (TPSA) is 55.1 Å². The van der Waals surface area contributed by atoms with Crippen LogP contribution in [0.4, 0.5) is 23.7 Å². The van der Waals surface area contributed by atoms with E-state index in [0.29, 0.717) is 5.56 Å². The van der Waals surface area contributed by atoms with E-state index in [-0.39, 0.29) is 5.69 Å². The molecule has 1 rings (SSSR count). The Bertz CT molecular complexity index is 387. The second-order valence-electron chi connectivity index (χ2n) is 3.04. The van der Waals surface area contributed by atoms with Gasteiger partial charge in [-0.2, -0.15) is 13.2 Å². The minimum absolute atomic E-state index is 0.333. The third-order valence-corrected chi connectivity index (χ3v) is 1.74. The van der Waals surface area contributed by atoms with E-state index in [4.69, 9.17) is 5.73 Å². The first kappa shape index (κ1) is 11.4. The molecular weight excluding hydrogens is 209 g/mol. The summed E-state index contributed by atoms with van der Waals surface area (Å²) < 4.78 is 37.5. The quantitative estimate of drug-likeness (QED) is 0.747. The molecule has 0 saturated carbocycles. The van der Waals surface area contributed by atoms with Crippen molar-refractivity contribution in [3.05, 3.63) is 29.3 Å². The summed E-state index contributed by atoms with van der Waals surface area (Å²) in [5.74, 6) is 0. The fourth-order valence-electron chi connectivity index (χ4n) is 1.13. The maximum absolute atomic E-state index is 12.5. The number of carbonyl (C=O) groups is 1. The number of carbonyl (C=O) groups excluding carboxylic acids is 1. The second-order valence-corrected chi connectivity index (χ2v) is 3.04. The molecule has 0 aliphatic heterocycles. The van der Waals surface area contributed by atoms with Crippen molar-refractivity contribution in [2.75, 3.05) is 5.32 Å². The lowest BCUT2D eigenvalue weighted by atomic mass is 10.1. The molecule has 15 heavy (non-hydrogen) atoms. The summed E-state index contributed by atoms with van der Waals surface area (Å²) in [4.78, 5) is 10.5. The third-order valence-electron chi connectivity index (χ3n) is 1.74. The highest BCUT2D eigenvalue weighted by Crippen LogP contribution is 2.35. The average molecular weight is 218 g/mol. The Morgan fingerprint density at radius 2 is 2.00 bits per heavy atom. The van der Waals surface area contributed by atoms with Crippen molar-refractivity contribution in [2.45, 2.75) is 13.1 Å². The Morgan fingerprint density at radius 1 is 1.40 bits per heavy atom. The van der Waals surface area contributed by atoms with Gasteiger partial charge in [0.25, 0.3) is 0 Å². The van der Waals surface area contributed by atoms with Crippen molar-refractivity contribution in [3.63, 3.8) is 0 Å². The van der Waals surface area contributed by atoms with Crippen LogP contribution in [0.25, 0.3) is 0 Å². The number of urea groups is 1. The van der Waals surface area contributed by atoms with E-state index >= 15 is 0 Å². The van der Waals surface area contributed by atoms with Crippen LogP contribution >= 0.6 is 0 Å². The SMILES string of the molecule is Cc1ccc(NC(N)=O)c(C(F)(F)F)c1. The van der Waals surface area contributed by atoms with Crippen molar-refractivity contribution in [1.82, 2.24) is 0 Å². The first-order chi connectivity index (χ1) is 6.80.